The summed E-state index contributed by atoms with van der Waals surface area (Å²) in [4.78, 5) is 26.3. The first-order valence-electron chi connectivity index (χ1n) is 9.98. The number of nitrogens with zero attached hydrogens (tertiary/aromatic N) is 3. The second-order valence-electron chi connectivity index (χ2n) is 7.26. The molecule has 1 aliphatic rings. The molecule has 12 heteroatoms. The van der Waals surface area contributed by atoms with Crippen LogP contribution in [0, 0.1) is 28.5 Å². The lowest BCUT2D eigenvalue weighted by Crippen LogP contribution is -2.42. The van der Waals surface area contributed by atoms with E-state index in [1.165, 1.54) is 18.2 Å². The van der Waals surface area contributed by atoms with E-state index >= 15 is 0 Å². The lowest BCUT2D eigenvalue weighted by molar-refractivity contribution is -0.140. The second-order valence-corrected chi connectivity index (χ2v) is 7.26. The van der Waals surface area contributed by atoms with E-state index in [-0.39, 0.29) is 5.56 Å². The van der Waals surface area contributed by atoms with E-state index in [1.54, 1.807) is 24.3 Å². The Morgan fingerprint density at radius 1 is 1.00 bits per heavy atom. The van der Waals surface area contributed by atoms with Crippen LogP contribution < -0.4 is 10.6 Å². The molecule has 2 N–H and O–H groups in total. The van der Waals surface area contributed by atoms with E-state index in [4.69, 9.17) is 15.2 Å². The minimum atomic E-state index is -5.37. The number of hydrogen-bond acceptors (Lipinski definition) is 8. The van der Waals surface area contributed by atoms with Crippen molar-refractivity contribution in [1.82, 2.24) is 0 Å². The molecule has 184 valence electrons. The van der Waals surface area contributed by atoms with Gasteiger partial charge >= 0.3 is 18.1 Å². The summed E-state index contributed by atoms with van der Waals surface area (Å²) in [5.74, 6) is -6.43. The molecule has 8 nitrogen and oxygen atoms in total. The number of anilines is 1. The number of carbonyl (C=O) groups excluding carboxylic acids is 2. The first kappa shape index (κ1) is 25.8. The summed E-state index contributed by atoms with van der Waals surface area (Å²) < 4.78 is 66.2. The smallest absolute Gasteiger partial charge is 0.421 e. The van der Waals surface area contributed by atoms with Gasteiger partial charge in [-0.3, -0.25) is 4.90 Å². The molecule has 1 aliphatic heterocycles. The highest BCUT2D eigenvalue weighted by molar-refractivity contribution is 6.06. The zero-order valence-electron chi connectivity index (χ0n) is 18.7. The highest BCUT2D eigenvalue weighted by Crippen LogP contribution is 2.48. The molecule has 2 aromatic rings. The fraction of sp³-hybridized carbons (Fsp3) is 0.167. The van der Waals surface area contributed by atoms with Crippen molar-refractivity contribution in [3.05, 3.63) is 87.6 Å². The number of nitriles is 2. The van der Waals surface area contributed by atoms with Gasteiger partial charge in [-0.25, -0.2) is 14.0 Å². The van der Waals surface area contributed by atoms with Crippen molar-refractivity contribution >= 4 is 17.6 Å². The summed E-state index contributed by atoms with van der Waals surface area (Å²) in [5, 5.41) is 19.5. The lowest BCUT2D eigenvalue weighted by atomic mass is 9.80. The molecule has 0 aromatic heterocycles. The van der Waals surface area contributed by atoms with Crippen molar-refractivity contribution in [2.24, 2.45) is 5.73 Å². The Morgan fingerprint density at radius 2 is 1.61 bits per heavy atom. The molecule has 0 saturated heterocycles. The van der Waals surface area contributed by atoms with Crippen LogP contribution in [0.25, 0.3) is 0 Å². The van der Waals surface area contributed by atoms with Crippen LogP contribution in [0.1, 0.15) is 22.6 Å². The minimum absolute atomic E-state index is 0.272. The highest BCUT2D eigenvalue weighted by atomic mass is 19.4. The van der Waals surface area contributed by atoms with Gasteiger partial charge in [0.15, 0.2) is 0 Å². The Balaban J connectivity index is 2.60. The number of carbonyl (C=O) groups is 2. The third-order valence-electron chi connectivity index (χ3n) is 5.36. The Hall–Kier alpha value is -4.84. The number of benzene rings is 2. The van der Waals surface area contributed by atoms with Crippen LogP contribution >= 0.6 is 0 Å². The zero-order valence-corrected chi connectivity index (χ0v) is 18.7. The average Bonchev–Trinajstić information content (AvgIpc) is 2.86. The molecule has 0 spiro atoms. The van der Waals surface area contributed by atoms with E-state index < -0.39 is 69.3 Å². The highest BCUT2D eigenvalue weighted by Gasteiger charge is 2.47. The summed E-state index contributed by atoms with van der Waals surface area (Å²) in [6, 6.07) is 12.2. The van der Waals surface area contributed by atoms with Gasteiger partial charge in [0.25, 0.3) is 0 Å². The van der Waals surface area contributed by atoms with E-state index in [1.807, 2.05) is 0 Å². The Bertz CT molecular complexity index is 1390. The zero-order chi connectivity index (χ0) is 26.8. The summed E-state index contributed by atoms with van der Waals surface area (Å²) in [6.45, 7) is 0. The summed E-state index contributed by atoms with van der Waals surface area (Å²) in [6.07, 6.45) is -5.37. The summed E-state index contributed by atoms with van der Waals surface area (Å²) in [5.41, 5.74) is 0.639. The van der Waals surface area contributed by atoms with E-state index in [0.29, 0.717) is 11.0 Å². The van der Waals surface area contributed by atoms with E-state index in [2.05, 4.69) is 0 Å². The normalized spacial score (nSPS) is 15.8. The van der Waals surface area contributed by atoms with Gasteiger partial charge in [-0.15, -0.1) is 0 Å². The Kier molecular flexibility index (Phi) is 7.02. The van der Waals surface area contributed by atoms with Crippen LogP contribution in [-0.2, 0) is 25.2 Å². The first-order chi connectivity index (χ1) is 17.0. The monoisotopic (exact) mass is 500 g/mol. The summed E-state index contributed by atoms with van der Waals surface area (Å²) >= 11 is 0. The molecule has 1 atom stereocenters. The average molecular weight is 500 g/mol. The van der Waals surface area contributed by atoms with Crippen molar-refractivity contribution in [2.75, 3.05) is 19.1 Å². The number of esters is 2. The predicted octanol–water partition coefficient (Wildman–Crippen LogP) is 3.61. The number of rotatable bonds is 4. The molecular weight excluding hydrogens is 484 g/mol. The topological polar surface area (TPSA) is 129 Å². The van der Waals surface area contributed by atoms with E-state index in [0.717, 1.165) is 20.3 Å². The largest absolute Gasteiger partial charge is 0.466 e. The fourth-order valence-corrected chi connectivity index (χ4v) is 3.90. The first-order valence-corrected chi connectivity index (χ1v) is 9.98. The predicted molar refractivity (Wildman–Crippen MR) is 116 cm³/mol. The Morgan fingerprint density at radius 3 is 2.11 bits per heavy atom. The molecule has 3 rings (SSSR count). The van der Waals surface area contributed by atoms with Crippen LogP contribution in [0.2, 0.25) is 0 Å². The number of allylic oxidation sites excluding steroid dienone is 1. The molecular formula is C24H16F4N4O4. The SMILES string of the molecule is COC(=O)C1=C(C(=O)OC)N(c2c(C#N)ccc(F)c2C(F)(F)F)C(N)=C(C#N)C1c1ccccc1. The minimum Gasteiger partial charge on any atom is -0.466 e. The number of halogens is 4. The Labute approximate surface area is 202 Å². The van der Waals surface area contributed by atoms with Crippen LogP contribution in [0.3, 0.4) is 0 Å². The lowest BCUT2D eigenvalue weighted by Gasteiger charge is -2.37. The third-order valence-corrected chi connectivity index (χ3v) is 5.36. The quantitative estimate of drug-likeness (QED) is 0.498. The number of methoxy groups -OCH3 is 2. The molecule has 0 fully saturated rings. The maximum Gasteiger partial charge on any atom is 0.421 e. The van der Waals surface area contributed by atoms with Crippen LogP contribution in [-0.4, -0.2) is 26.2 Å². The van der Waals surface area contributed by atoms with Crippen molar-refractivity contribution < 1.29 is 36.6 Å². The maximum atomic E-state index is 14.6. The fourth-order valence-electron chi connectivity index (χ4n) is 3.90. The van der Waals surface area contributed by atoms with Gasteiger partial charge in [0.05, 0.1) is 48.6 Å². The second kappa shape index (κ2) is 9.80. The van der Waals surface area contributed by atoms with Crippen LogP contribution in [0.4, 0.5) is 23.2 Å². The summed E-state index contributed by atoms with van der Waals surface area (Å²) in [7, 11) is 1.84. The number of alkyl halides is 3. The van der Waals surface area contributed by atoms with Crippen molar-refractivity contribution in [3.8, 4) is 12.1 Å². The van der Waals surface area contributed by atoms with Gasteiger partial charge in [0.2, 0.25) is 0 Å². The van der Waals surface area contributed by atoms with Gasteiger partial charge in [0, 0.05) is 0 Å². The number of nitrogens with two attached hydrogens (primary N) is 1. The number of ether oxygens (including phenoxy) is 2. The number of hydrogen-bond donors (Lipinski definition) is 1. The molecule has 0 aliphatic carbocycles. The molecule has 0 radical (unpaired) electrons. The molecule has 0 amide bonds. The molecule has 36 heavy (non-hydrogen) atoms. The third kappa shape index (κ3) is 4.20. The van der Waals surface area contributed by atoms with Gasteiger partial charge in [-0.1, -0.05) is 30.3 Å². The van der Waals surface area contributed by atoms with E-state index in [9.17, 15) is 37.7 Å². The standard InChI is InChI=1S/C24H16F4N4O4/c1-35-22(33)17-16(12-6-4-3-5-7-12)14(11-30)21(31)32(20(17)23(34)36-2)19-13(10-29)8-9-15(25)18(19)24(26,27)28/h3-9,16H,31H2,1-2H3. The van der Waals surface area contributed by atoms with Crippen molar-refractivity contribution in [2.45, 2.75) is 12.1 Å². The van der Waals surface area contributed by atoms with Gasteiger partial charge in [0.1, 0.15) is 29.0 Å². The molecule has 2 aromatic carbocycles. The molecule has 0 saturated carbocycles. The molecule has 1 heterocycles. The van der Waals surface area contributed by atoms with Crippen molar-refractivity contribution in [3.63, 3.8) is 0 Å². The maximum absolute atomic E-state index is 14.6. The van der Waals surface area contributed by atoms with Gasteiger partial charge in [-0.05, 0) is 17.7 Å². The van der Waals surface area contributed by atoms with Gasteiger partial charge in [-0.2, -0.15) is 23.7 Å². The molecule has 0 bridgehead atoms. The van der Waals surface area contributed by atoms with Crippen molar-refractivity contribution in [1.29, 1.82) is 10.5 Å². The molecule has 1 unspecified atom stereocenters. The van der Waals surface area contributed by atoms with Crippen LogP contribution in [0.15, 0.2) is 65.1 Å². The van der Waals surface area contributed by atoms with Crippen LogP contribution in [0.5, 0.6) is 0 Å². The van der Waals surface area contributed by atoms with Gasteiger partial charge < -0.3 is 15.2 Å².